The van der Waals surface area contributed by atoms with Crippen molar-refractivity contribution < 1.29 is 19.1 Å². The molecule has 0 saturated carbocycles. The van der Waals surface area contributed by atoms with Crippen LogP contribution in [-0.4, -0.2) is 36.1 Å². The lowest BCUT2D eigenvalue weighted by molar-refractivity contribution is -0.141. The van der Waals surface area contributed by atoms with Gasteiger partial charge >= 0.3 is 5.97 Å². The van der Waals surface area contributed by atoms with Crippen LogP contribution < -0.4 is 4.90 Å². The highest BCUT2D eigenvalue weighted by atomic mass is 32.2. The smallest absolute Gasteiger partial charge is 0.319 e. The lowest BCUT2D eigenvalue weighted by atomic mass is 10.1. The van der Waals surface area contributed by atoms with E-state index in [-0.39, 0.29) is 18.3 Å². The molecule has 2 aromatic carbocycles. The van der Waals surface area contributed by atoms with Crippen molar-refractivity contribution in [1.29, 1.82) is 0 Å². The van der Waals surface area contributed by atoms with Crippen LogP contribution in [0.1, 0.15) is 35.7 Å². The zero-order valence-corrected chi connectivity index (χ0v) is 16.8. The van der Waals surface area contributed by atoms with Gasteiger partial charge in [-0.25, -0.2) is 0 Å². The molecule has 2 aromatic rings. The number of amides is 1. The summed E-state index contributed by atoms with van der Waals surface area (Å²) >= 11 is 1.40. The van der Waals surface area contributed by atoms with Crippen LogP contribution in [0.5, 0.6) is 0 Å². The number of thioether (sulfide) groups is 1. The van der Waals surface area contributed by atoms with E-state index in [0.717, 1.165) is 22.6 Å². The number of Topliss-reactive ketones (excluding diaryl/α,β-unsaturated/α-hetero) is 1. The first-order valence-corrected chi connectivity index (χ1v) is 10.2. The first-order valence-electron chi connectivity index (χ1n) is 9.27. The predicted octanol–water partition coefficient (Wildman–Crippen LogP) is 4.03. The molecule has 0 spiro atoms. The fourth-order valence-corrected chi connectivity index (χ4v) is 3.82. The standard InChI is InChI=1S/C22H23NO4S/c1-15-5-11-19(12-6-15)28-16(2)22(26)27-14-20(24)17-7-9-18(10-8-17)23-13-3-4-21(23)25/h5-12,16H,3-4,13-14H2,1-2H3/t16-/m0/s1. The number of carbonyl (C=O) groups is 3. The molecule has 1 aliphatic rings. The summed E-state index contributed by atoms with van der Waals surface area (Å²) in [6.07, 6.45) is 1.42. The molecular weight excluding hydrogens is 374 g/mol. The first-order chi connectivity index (χ1) is 13.4. The third-order valence-electron chi connectivity index (χ3n) is 4.59. The van der Waals surface area contributed by atoms with Gasteiger partial charge in [-0.2, -0.15) is 0 Å². The fraction of sp³-hybridized carbons (Fsp3) is 0.318. The van der Waals surface area contributed by atoms with Crippen molar-refractivity contribution in [3.05, 3.63) is 59.7 Å². The van der Waals surface area contributed by atoms with Crippen molar-refractivity contribution in [1.82, 2.24) is 0 Å². The molecule has 1 heterocycles. The number of aryl methyl sites for hydroxylation is 1. The number of hydrogen-bond donors (Lipinski definition) is 0. The molecular formula is C22H23NO4S. The second kappa shape index (κ2) is 9.06. The van der Waals surface area contributed by atoms with E-state index in [9.17, 15) is 14.4 Å². The number of hydrogen-bond acceptors (Lipinski definition) is 5. The van der Waals surface area contributed by atoms with Gasteiger partial charge in [-0.3, -0.25) is 14.4 Å². The van der Waals surface area contributed by atoms with Gasteiger partial charge in [-0.15, -0.1) is 11.8 Å². The summed E-state index contributed by atoms with van der Waals surface area (Å²) in [6, 6.07) is 14.8. The number of anilines is 1. The summed E-state index contributed by atoms with van der Waals surface area (Å²) in [5, 5.41) is -0.404. The van der Waals surface area contributed by atoms with E-state index in [1.807, 2.05) is 31.2 Å². The molecule has 1 atom stereocenters. The van der Waals surface area contributed by atoms with Crippen LogP contribution in [0.15, 0.2) is 53.4 Å². The highest BCUT2D eigenvalue weighted by Gasteiger charge is 2.22. The maximum Gasteiger partial charge on any atom is 0.319 e. The van der Waals surface area contributed by atoms with Gasteiger partial charge in [0.1, 0.15) is 5.25 Å². The molecule has 1 fully saturated rings. The van der Waals surface area contributed by atoms with Gasteiger partial charge in [0.15, 0.2) is 12.4 Å². The Morgan fingerprint density at radius 3 is 2.39 bits per heavy atom. The molecule has 1 amide bonds. The largest absolute Gasteiger partial charge is 0.456 e. The van der Waals surface area contributed by atoms with Gasteiger partial charge < -0.3 is 9.64 Å². The minimum absolute atomic E-state index is 0.105. The Balaban J connectivity index is 1.50. The number of ketones is 1. The Kier molecular flexibility index (Phi) is 6.52. The molecule has 0 unspecified atom stereocenters. The summed E-state index contributed by atoms with van der Waals surface area (Å²) in [5.41, 5.74) is 2.41. The maximum atomic E-state index is 12.3. The molecule has 1 aliphatic heterocycles. The summed E-state index contributed by atoms with van der Waals surface area (Å²) in [7, 11) is 0. The van der Waals surface area contributed by atoms with Gasteiger partial charge in [-0.1, -0.05) is 17.7 Å². The summed E-state index contributed by atoms with van der Waals surface area (Å²) in [6.45, 7) is 4.19. The average Bonchev–Trinajstić information content (AvgIpc) is 3.13. The van der Waals surface area contributed by atoms with Gasteiger partial charge in [0.2, 0.25) is 5.91 Å². The molecule has 0 aliphatic carbocycles. The van der Waals surface area contributed by atoms with E-state index in [1.54, 1.807) is 36.1 Å². The van der Waals surface area contributed by atoms with Crippen LogP contribution in [0.2, 0.25) is 0 Å². The Morgan fingerprint density at radius 1 is 1.11 bits per heavy atom. The van der Waals surface area contributed by atoms with E-state index in [2.05, 4.69) is 0 Å². The number of nitrogens with zero attached hydrogens (tertiary/aromatic N) is 1. The zero-order valence-electron chi connectivity index (χ0n) is 16.0. The van der Waals surface area contributed by atoms with Crippen molar-refractivity contribution in [2.75, 3.05) is 18.1 Å². The second-order valence-corrected chi connectivity index (χ2v) is 8.21. The highest BCUT2D eigenvalue weighted by Crippen LogP contribution is 2.24. The SMILES string of the molecule is Cc1ccc(S[C@@H](C)C(=O)OCC(=O)c2ccc(N3CCCC3=O)cc2)cc1. The second-order valence-electron chi connectivity index (χ2n) is 6.80. The van der Waals surface area contributed by atoms with Gasteiger partial charge in [-0.05, 0) is 56.7 Å². The molecule has 0 bridgehead atoms. The predicted molar refractivity (Wildman–Crippen MR) is 110 cm³/mol. The summed E-state index contributed by atoms with van der Waals surface area (Å²) in [4.78, 5) is 39.0. The average molecular weight is 397 g/mol. The minimum atomic E-state index is -0.418. The lowest BCUT2D eigenvalue weighted by Gasteiger charge is -2.16. The molecule has 0 aromatic heterocycles. The molecule has 28 heavy (non-hydrogen) atoms. The molecule has 1 saturated heterocycles. The number of benzene rings is 2. The molecule has 3 rings (SSSR count). The van der Waals surface area contributed by atoms with Crippen LogP contribution >= 0.6 is 11.8 Å². The zero-order chi connectivity index (χ0) is 20.1. The third-order valence-corrected chi connectivity index (χ3v) is 5.68. The van der Waals surface area contributed by atoms with Crippen LogP contribution in [-0.2, 0) is 14.3 Å². The van der Waals surface area contributed by atoms with Crippen LogP contribution in [0.4, 0.5) is 5.69 Å². The normalized spacial score (nSPS) is 14.8. The Hall–Kier alpha value is -2.60. The van der Waals surface area contributed by atoms with E-state index in [0.29, 0.717) is 18.5 Å². The number of rotatable bonds is 7. The molecule has 0 radical (unpaired) electrons. The van der Waals surface area contributed by atoms with Crippen molar-refractivity contribution in [3.63, 3.8) is 0 Å². The Labute approximate surface area is 169 Å². The Bertz CT molecular complexity index is 861. The van der Waals surface area contributed by atoms with Crippen molar-refractivity contribution in [3.8, 4) is 0 Å². The molecule has 5 nitrogen and oxygen atoms in total. The molecule has 146 valence electrons. The van der Waals surface area contributed by atoms with Crippen molar-refractivity contribution in [2.24, 2.45) is 0 Å². The molecule has 6 heteroatoms. The highest BCUT2D eigenvalue weighted by molar-refractivity contribution is 8.00. The third kappa shape index (κ3) is 5.01. The van der Waals surface area contributed by atoms with Crippen LogP contribution in [0.3, 0.4) is 0 Å². The van der Waals surface area contributed by atoms with Gasteiger partial charge in [0.05, 0.1) is 0 Å². The summed E-state index contributed by atoms with van der Waals surface area (Å²) in [5.74, 6) is -0.577. The van der Waals surface area contributed by atoms with Crippen molar-refractivity contribution >= 4 is 35.1 Å². The van der Waals surface area contributed by atoms with Crippen LogP contribution in [0.25, 0.3) is 0 Å². The van der Waals surface area contributed by atoms with Gasteiger partial charge in [0.25, 0.3) is 0 Å². The van der Waals surface area contributed by atoms with E-state index in [4.69, 9.17) is 4.74 Å². The number of carbonyl (C=O) groups excluding carboxylic acids is 3. The van der Waals surface area contributed by atoms with Gasteiger partial charge in [0, 0.05) is 29.1 Å². The monoisotopic (exact) mass is 397 g/mol. The van der Waals surface area contributed by atoms with Crippen molar-refractivity contribution in [2.45, 2.75) is 36.8 Å². The lowest BCUT2D eigenvalue weighted by Crippen LogP contribution is -2.24. The van der Waals surface area contributed by atoms with Crippen LogP contribution in [0, 0.1) is 6.92 Å². The van der Waals surface area contributed by atoms with E-state index < -0.39 is 11.2 Å². The fourth-order valence-electron chi connectivity index (χ4n) is 2.95. The minimum Gasteiger partial charge on any atom is -0.456 e. The number of esters is 1. The van der Waals surface area contributed by atoms with E-state index in [1.165, 1.54) is 11.8 Å². The van der Waals surface area contributed by atoms with E-state index >= 15 is 0 Å². The summed E-state index contributed by atoms with van der Waals surface area (Å²) < 4.78 is 5.19. The quantitative estimate of drug-likeness (QED) is 0.401. The topological polar surface area (TPSA) is 63.7 Å². The Morgan fingerprint density at radius 2 is 1.79 bits per heavy atom. The molecule has 0 N–H and O–H groups in total. The number of ether oxygens (including phenoxy) is 1. The first kappa shape index (κ1) is 20.1. The maximum absolute atomic E-state index is 12.3.